The molecule has 0 saturated heterocycles. The molecule has 0 aliphatic rings. The van der Waals surface area contributed by atoms with E-state index >= 15 is 0 Å². The van der Waals surface area contributed by atoms with Crippen molar-refractivity contribution in [3.05, 3.63) is 47.5 Å². The lowest BCUT2D eigenvalue weighted by Crippen LogP contribution is -2.01. The SMILES string of the molecule is CCc1ccc(CNc2cc(CSCCO)ccn2)o1. The summed E-state index contributed by atoms with van der Waals surface area (Å²) in [5.41, 5.74) is 1.20. The van der Waals surface area contributed by atoms with E-state index < -0.39 is 0 Å². The second-order valence-corrected chi connectivity index (χ2v) is 5.51. The fourth-order valence-electron chi connectivity index (χ4n) is 1.80. The summed E-state index contributed by atoms with van der Waals surface area (Å²) in [5, 5.41) is 12.0. The second-order valence-electron chi connectivity index (χ2n) is 4.40. The predicted octanol–water partition coefficient (Wildman–Crippen LogP) is 3.07. The zero-order chi connectivity index (χ0) is 14.2. The van der Waals surface area contributed by atoms with Gasteiger partial charge in [-0.25, -0.2) is 4.98 Å². The average molecular weight is 292 g/mol. The van der Waals surface area contributed by atoms with Gasteiger partial charge in [0, 0.05) is 24.1 Å². The van der Waals surface area contributed by atoms with Gasteiger partial charge in [-0.05, 0) is 29.8 Å². The summed E-state index contributed by atoms with van der Waals surface area (Å²) in [6.07, 6.45) is 2.71. The molecule has 0 aliphatic heterocycles. The normalized spacial score (nSPS) is 10.7. The molecule has 5 heteroatoms. The number of aryl methyl sites for hydroxylation is 1. The first-order valence-electron chi connectivity index (χ1n) is 6.76. The number of rotatable bonds is 8. The Morgan fingerprint density at radius 2 is 2.15 bits per heavy atom. The Labute approximate surface area is 123 Å². The number of nitrogens with zero attached hydrogens (tertiary/aromatic N) is 1. The molecule has 0 bridgehead atoms. The lowest BCUT2D eigenvalue weighted by atomic mass is 10.3. The third kappa shape index (κ3) is 4.58. The van der Waals surface area contributed by atoms with Gasteiger partial charge in [-0.3, -0.25) is 0 Å². The Bertz CT molecular complexity index is 528. The molecule has 0 fully saturated rings. The smallest absolute Gasteiger partial charge is 0.126 e. The topological polar surface area (TPSA) is 58.3 Å². The van der Waals surface area contributed by atoms with E-state index in [-0.39, 0.29) is 6.61 Å². The average Bonchev–Trinajstić information content (AvgIpc) is 2.94. The Morgan fingerprint density at radius 3 is 2.90 bits per heavy atom. The van der Waals surface area contributed by atoms with Crippen LogP contribution in [0, 0.1) is 0 Å². The molecule has 0 spiro atoms. The summed E-state index contributed by atoms with van der Waals surface area (Å²) in [6, 6.07) is 8.03. The van der Waals surface area contributed by atoms with Gasteiger partial charge in [-0.15, -0.1) is 0 Å². The highest BCUT2D eigenvalue weighted by Crippen LogP contribution is 2.15. The minimum Gasteiger partial charge on any atom is -0.464 e. The molecule has 0 unspecified atom stereocenters. The molecular formula is C15H20N2O2S. The number of pyridine rings is 1. The van der Waals surface area contributed by atoms with Gasteiger partial charge in [0.1, 0.15) is 17.3 Å². The summed E-state index contributed by atoms with van der Waals surface area (Å²) < 4.78 is 5.64. The van der Waals surface area contributed by atoms with Crippen LogP contribution in [0.25, 0.3) is 0 Å². The van der Waals surface area contributed by atoms with Crippen molar-refractivity contribution >= 4 is 17.6 Å². The van der Waals surface area contributed by atoms with Crippen LogP contribution in [0.4, 0.5) is 5.82 Å². The summed E-state index contributed by atoms with van der Waals surface area (Å²) >= 11 is 1.71. The van der Waals surface area contributed by atoms with Gasteiger partial charge in [0.25, 0.3) is 0 Å². The third-order valence-electron chi connectivity index (χ3n) is 2.84. The number of thioether (sulfide) groups is 1. The minimum absolute atomic E-state index is 0.221. The van der Waals surface area contributed by atoms with Crippen molar-refractivity contribution in [3.63, 3.8) is 0 Å². The Morgan fingerprint density at radius 1 is 1.30 bits per heavy atom. The molecular weight excluding hydrogens is 272 g/mol. The number of aromatic nitrogens is 1. The summed E-state index contributed by atoms with van der Waals surface area (Å²) in [7, 11) is 0. The summed E-state index contributed by atoms with van der Waals surface area (Å²) in [6.45, 7) is 2.93. The molecule has 2 heterocycles. The standard InChI is InChI=1S/C15H20N2O2S/c1-2-13-3-4-14(19-13)10-17-15-9-12(5-6-16-15)11-20-8-7-18/h3-6,9,18H,2,7-8,10-11H2,1H3,(H,16,17). The van der Waals surface area contributed by atoms with Crippen LogP contribution in [-0.2, 0) is 18.7 Å². The largest absolute Gasteiger partial charge is 0.464 e. The van der Waals surface area contributed by atoms with Gasteiger partial charge in [-0.2, -0.15) is 11.8 Å². The van der Waals surface area contributed by atoms with Crippen LogP contribution in [0.5, 0.6) is 0 Å². The molecule has 2 N–H and O–H groups in total. The van der Waals surface area contributed by atoms with Crippen molar-refractivity contribution in [1.29, 1.82) is 0 Å². The number of furan rings is 1. The molecule has 0 amide bonds. The van der Waals surface area contributed by atoms with Crippen molar-refractivity contribution in [2.45, 2.75) is 25.6 Å². The van der Waals surface area contributed by atoms with Gasteiger partial charge < -0.3 is 14.8 Å². The van der Waals surface area contributed by atoms with Crippen molar-refractivity contribution < 1.29 is 9.52 Å². The van der Waals surface area contributed by atoms with Crippen LogP contribution in [0.15, 0.2) is 34.9 Å². The van der Waals surface area contributed by atoms with E-state index in [0.29, 0.717) is 6.54 Å². The maximum atomic E-state index is 8.78. The van der Waals surface area contributed by atoms with Crippen molar-refractivity contribution in [2.75, 3.05) is 17.7 Å². The second kappa shape index (κ2) is 7.97. The third-order valence-corrected chi connectivity index (χ3v) is 3.85. The van der Waals surface area contributed by atoms with E-state index in [1.807, 2.05) is 24.3 Å². The zero-order valence-corrected chi connectivity index (χ0v) is 12.4. The number of aliphatic hydroxyl groups excluding tert-OH is 1. The molecule has 2 aromatic rings. The van der Waals surface area contributed by atoms with E-state index in [9.17, 15) is 0 Å². The monoisotopic (exact) mass is 292 g/mol. The fraction of sp³-hybridized carbons (Fsp3) is 0.400. The fourth-order valence-corrected chi connectivity index (χ4v) is 2.49. The van der Waals surface area contributed by atoms with Gasteiger partial charge in [-0.1, -0.05) is 6.92 Å². The van der Waals surface area contributed by atoms with Crippen LogP contribution in [-0.4, -0.2) is 22.5 Å². The van der Waals surface area contributed by atoms with Crippen LogP contribution in [0.3, 0.4) is 0 Å². The van der Waals surface area contributed by atoms with Crippen molar-refractivity contribution in [3.8, 4) is 0 Å². The molecule has 2 aromatic heterocycles. The zero-order valence-electron chi connectivity index (χ0n) is 11.6. The molecule has 0 aromatic carbocycles. The number of aliphatic hydroxyl groups is 1. The van der Waals surface area contributed by atoms with E-state index in [1.165, 1.54) is 5.56 Å². The summed E-state index contributed by atoms with van der Waals surface area (Å²) in [5.74, 6) is 4.42. The van der Waals surface area contributed by atoms with Gasteiger partial charge in [0.15, 0.2) is 0 Å². The highest BCUT2D eigenvalue weighted by Gasteiger charge is 2.02. The van der Waals surface area contributed by atoms with E-state index in [1.54, 1.807) is 18.0 Å². The predicted molar refractivity (Wildman–Crippen MR) is 82.9 cm³/mol. The number of hydrogen-bond donors (Lipinski definition) is 2. The Kier molecular flexibility index (Phi) is 5.95. The highest BCUT2D eigenvalue weighted by atomic mass is 32.2. The minimum atomic E-state index is 0.221. The van der Waals surface area contributed by atoms with Crippen LogP contribution in [0.2, 0.25) is 0 Å². The number of anilines is 1. The molecule has 4 nitrogen and oxygen atoms in total. The van der Waals surface area contributed by atoms with Crippen molar-refractivity contribution in [1.82, 2.24) is 4.98 Å². The van der Waals surface area contributed by atoms with Crippen LogP contribution in [0.1, 0.15) is 24.0 Å². The van der Waals surface area contributed by atoms with Crippen LogP contribution < -0.4 is 5.32 Å². The lowest BCUT2D eigenvalue weighted by molar-refractivity contribution is 0.322. The molecule has 0 aliphatic carbocycles. The first kappa shape index (κ1) is 14.9. The molecule has 108 valence electrons. The molecule has 0 saturated carbocycles. The van der Waals surface area contributed by atoms with Crippen LogP contribution >= 0.6 is 11.8 Å². The Hall–Kier alpha value is -1.46. The summed E-state index contributed by atoms with van der Waals surface area (Å²) in [4.78, 5) is 4.30. The molecule has 0 radical (unpaired) electrons. The maximum absolute atomic E-state index is 8.78. The molecule has 20 heavy (non-hydrogen) atoms. The van der Waals surface area contributed by atoms with E-state index in [4.69, 9.17) is 9.52 Å². The van der Waals surface area contributed by atoms with E-state index in [0.717, 1.165) is 35.3 Å². The first-order valence-corrected chi connectivity index (χ1v) is 7.92. The maximum Gasteiger partial charge on any atom is 0.126 e. The van der Waals surface area contributed by atoms with Crippen molar-refractivity contribution in [2.24, 2.45) is 0 Å². The molecule has 2 rings (SSSR count). The van der Waals surface area contributed by atoms with Gasteiger partial charge in [0.2, 0.25) is 0 Å². The molecule has 0 atom stereocenters. The number of hydrogen-bond acceptors (Lipinski definition) is 5. The van der Waals surface area contributed by atoms with E-state index in [2.05, 4.69) is 17.2 Å². The number of nitrogens with one attached hydrogen (secondary N) is 1. The Balaban J connectivity index is 1.87. The quantitative estimate of drug-likeness (QED) is 0.732. The van der Waals surface area contributed by atoms with Gasteiger partial charge in [0.05, 0.1) is 13.2 Å². The highest BCUT2D eigenvalue weighted by molar-refractivity contribution is 7.98. The first-order chi connectivity index (χ1) is 9.81. The lowest BCUT2D eigenvalue weighted by Gasteiger charge is -2.06. The van der Waals surface area contributed by atoms with Gasteiger partial charge >= 0.3 is 0 Å².